The van der Waals surface area contributed by atoms with Crippen molar-refractivity contribution >= 4 is 40.9 Å². The second kappa shape index (κ2) is 13.3. The molecule has 1 aromatic carbocycles. The van der Waals surface area contributed by atoms with Crippen LogP contribution in [0.1, 0.15) is 44.6 Å². The van der Waals surface area contributed by atoms with E-state index in [1.165, 1.54) is 19.3 Å². The highest BCUT2D eigenvalue weighted by Gasteiger charge is 2.49. The fourth-order valence-electron chi connectivity index (χ4n) is 5.55. The van der Waals surface area contributed by atoms with Gasteiger partial charge in [0.15, 0.2) is 0 Å². The van der Waals surface area contributed by atoms with Gasteiger partial charge in [0.25, 0.3) is 0 Å². The number of aliphatic imine (C=N–C) groups is 2. The second-order valence-electron chi connectivity index (χ2n) is 10.5. The molecule has 6 rings (SSSR count). The Kier molecular flexibility index (Phi) is 9.48. The van der Waals surface area contributed by atoms with Gasteiger partial charge in [-0.25, -0.2) is 14.9 Å². The molecule has 11 nitrogen and oxygen atoms in total. The Balaban J connectivity index is 1.35. The van der Waals surface area contributed by atoms with Gasteiger partial charge in [0.2, 0.25) is 5.91 Å². The van der Waals surface area contributed by atoms with Crippen LogP contribution in [0.25, 0.3) is 0 Å². The van der Waals surface area contributed by atoms with Gasteiger partial charge in [-0.05, 0) is 37.5 Å². The molecule has 1 aromatic rings. The Morgan fingerprint density at radius 1 is 1.18 bits per heavy atom. The molecule has 0 saturated heterocycles. The summed E-state index contributed by atoms with van der Waals surface area (Å²) in [5.41, 5.74) is 3.05. The predicted molar refractivity (Wildman–Crippen MR) is 162 cm³/mol. The van der Waals surface area contributed by atoms with Crippen LogP contribution in [0.4, 0.5) is 0 Å². The van der Waals surface area contributed by atoms with Gasteiger partial charge in [0, 0.05) is 28.6 Å². The number of hydrogen-bond acceptors (Lipinski definition) is 10. The molecule has 0 fully saturated rings. The summed E-state index contributed by atoms with van der Waals surface area (Å²) in [6, 6.07) is 6.95. The van der Waals surface area contributed by atoms with E-state index in [4.69, 9.17) is 35.4 Å². The van der Waals surface area contributed by atoms with Crippen molar-refractivity contribution in [3.63, 3.8) is 0 Å². The standard InChI is InChI=1S/C32H34ClN3O8/c1-5-10-26(37)36(44-32-17-25(43-32)21-12-7-9-14-23(21)35-32)15-16-42-18-24-29(31(39)41-4)28(20-11-6-8-13-22(20)33)27(19(2)34-24)30(38)40-3/h6,8-9,11-14,17,27-28H,5,7,10,15-16,18H2,1-4H3. The minimum Gasteiger partial charge on any atom is -0.468 e. The molecule has 0 saturated carbocycles. The third-order valence-corrected chi connectivity index (χ3v) is 7.94. The maximum Gasteiger partial charge on any atom is 0.359 e. The average Bonchev–Trinajstić information content (AvgIpc) is 3.01. The molecule has 1 aliphatic carbocycles. The molecule has 5 aliphatic rings. The highest BCUT2D eigenvalue weighted by molar-refractivity contribution is 6.31. The second-order valence-corrected chi connectivity index (χ2v) is 10.9. The van der Waals surface area contributed by atoms with Gasteiger partial charge in [-0.15, -0.1) is 0 Å². The quantitative estimate of drug-likeness (QED) is 0.188. The van der Waals surface area contributed by atoms with Crippen molar-refractivity contribution in [2.24, 2.45) is 15.9 Å². The first kappa shape index (κ1) is 31.4. The lowest BCUT2D eigenvalue weighted by atomic mass is 9.75. The number of carbonyl (C=O) groups excluding carboxylic acids is 3. The molecular formula is C32H34ClN3O8. The van der Waals surface area contributed by atoms with E-state index in [2.05, 4.69) is 9.98 Å². The maximum atomic E-state index is 13.2. The number of allylic oxidation sites excluding steroid dienone is 4. The molecule has 12 heteroatoms. The summed E-state index contributed by atoms with van der Waals surface area (Å²) in [5, 5.41) is 1.57. The zero-order valence-electron chi connectivity index (χ0n) is 25.0. The van der Waals surface area contributed by atoms with Crippen molar-refractivity contribution in [1.29, 1.82) is 0 Å². The number of rotatable bonds is 12. The highest BCUT2D eigenvalue weighted by atomic mass is 35.5. The van der Waals surface area contributed by atoms with Crippen molar-refractivity contribution in [2.45, 2.75) is 44.9 Å². The number of hydroxylamine groups is 2. The Bertz CT molecular complexity index is 1540. The topological polar surface area (TPSA) is 125 Å². The van der Waals surface area contributed by atoms with E-state index in [0.29, 0.717) is 28.5 Å². The minimum absolute atomic E-state index is 0.0352. The van der Waals surface area contributed by atoms with Crippen LogP contribution in [0.3, 0.4) is 0 Å². The number of halogens is 1. The predicted octanol–water partition coefficient (Wildman–Crippen LogP) is 4.60. The van der Waals surface area contributed by atoms with Gasteiger partial charge in [-0.2, -0.15) is 4.84 Å². The molecule has 0 aromatic heterocycles. The zero-order chi connectivity index (χ0) is 31.4. The molecule has 3 unspecified atom stereocenters. The monoisotopic (exact) mass is 623 g/mol. The molecule has 3 atom stereocenters. The first-order valence-electron chi connectivity index (χ1n) is 14.4. The number of esters is 2. The number of ether oxygens (including phenoxy) is 4. The lowest BCUT2D eigenvalue weighted by Crippen LogP contribution is -2.51. The number of dihydropyridines is 1. The molecular weight excluding hydrogens is 590 g/mol. The number of benzene rings is 1. The summed E-state index contributed by atoms with van der Waals surface area (Å²) in [6.07, 6.45) is 9.33. The van der Waals surface area contributed by atoms with Crippen LogP contribution in [0.2, 0.25) is 5.02 Å². The van der Waals surface area contributed by atoms with Gasteiger partial charge in [0.1, 0.15) is 11.7 Å². The molecule has 232 valence electrons. The van der Waals surface area contributed by atoms with E-state index in [9.17, 15) is 14.4 Å². The summed E-state index contributed by atoms with van der Waals surface area (Å²) in [4.78, 5) is 54.3. The average molecular weight is 624 g/mol. The summed E-state index contributed by atoms with van der Waals surface area (Å²) in [5.74, 6) is -3.95. The van der Waals surface area contributed by atoms with Crippen LogP contribution in [0.15, 0.2) is 81.2 Å². The van der Waals surface area contributed by atoms with E-state index in [0.717, 1.165) is 17.7 Å². The minimum atomic E-state index is -1.41. The fourth-order valence-corrected chi connectivity index (χ4v) is 5.81. The molecule has 2 bridgehead atoms. The van der Waals surface area contributed by atoms with Crippen LogP contribution >= 0.6 is 11.6 Å². The third kappa shape index (κ3) is 6.12. The zero-order valence-corrected chi connectivity index (χ0v) is 25.8. The molecule has 4 heterocycles. The van der Waals surface area contributed by atoms with Crippen LogP contribution in [0, 0.1) is 5.92 Å². The Morgan fingerprint density at radius 2 is 1.95 bits per heavy atom. The molecule has 44 heavy (non-hydrogen) atoms. The summed E-state index contributed by atoms with van der Waals surface area (Å²) >= 11 is 6.55. The number of hydrogen-bond donors (Lipinski definition) is 0. The number of carbonyl (C=O) groups is 3. The number of nitrogens with zero attached hydrogens (tertiary/aromatic N) is 3. The first-order chi connectivity index (χ1) is 21.2. The van der Waals surface area contributed by atoms with Crippen molar-refractivity contribution < 1.29 is 38.2 Å². The normalized spacial score (nSPS) is 23.2. The Morgan fingerprint density at radius 3 is 2.66 bits per heavy atom. The van der Waals surface area contributed by atoms with Crippen molar-refractivity contribution in [2.75, 3.05) is 34.0 Å². The smallest absolute Gasteiger partial charge is 0.359 e. The van der Waals surface area contributed by atoms with Crippen molar-refractivity contribution in [3.8, 4) is 0 Å². The van der Waals surface area contributed by atoms with Crippen LogP contribution in [0.5, 0.6) is 0 Å². The Labute approximate surface area is 260 Å². The maximum absolute atomic E-state index is 13.2. The van der Waals surface area contributed by atoms with Gasteiger partial charge in [0.05, 0.1) is 57.0 Å². The van der Waals surface area contributed by atoms with E-state index < -0.39 is 29.7 Å². The third-order valence-electron chi connectivity index (χ3n) is 7.60. The first-order valence-corrected chi connectivity index (χ1v) is 14.7. The van der Waals surface area contributed by atoms with E-state index in [1.807, 2.05) is 25.2 Å². The molecule has 0 spiro atoms. The van der Waals surface area contributed by atoms with E-state index in [-0.39, 0.29) is 43.4 Å². The van der Waals surface area contributed by atoms with Gasteiger partial charge < -0.3 is 18.9 Å². The molecule has 0 N–H and O–H groups in total. The SMILES string of the molecule is CCCC(=O)N(CCOCC1=C(C(=O)OC)C(c2ccccc2Cl)C(C(=O)OC)C(C)=N1)OC12C=C(O1)C1=CCC=CC1=N2. The Hall–Kier alpha value is -4.06. The number of methoxy groups -OCH3 is 2. The van der Waals surface area contributed by atoms with Crippen LogP contribution in [-0.4, -0.2) is 74.2 Å². The van der Waals surface area contributed by atoms with Gasteiger partial charge >= 0.3 is 17.8 Å². The number of amides is 1. The lowest BCUT2D eigenvalue weighted by molar-refractivity contribution is -0.316. The van der Waals surface area contributed by atoms with Gasteiger partial charge in [-0.1, -0.05) is 48.9 Å². The van der Waals surface area contributed by atoms with E-state index in [1.54, 1.807) is 37.3 Å². The summed E-state index contributed by atoms with van der Waals surface area (Å²) < 4.78 is 22.0. The highest BCUT2D eigenvalue weighted by Crippen LogP contribution is 2.44. The van der Waals surface area contributed by atoms with Crippen LogP contribution in [-0.2, 0) is 38.2 Å². The van der Waals surface area contributed by atoms with Crippen molar-refractivity contribution in [3.05, 3.63) is 81.8 Å². The summed E-state index contributed by atoms with van der Waals surface area (Å²) in [6.45, 7) is 3.56. The molecule has 1 amide bonds. The summed E-state index contributed by atoms with van der Waals surface area (Å²) in [7, 11) is 2.53. The largest absolute Gasteiger partial charge is 0.468 e. The van der Waals surface area contributed by atoms with E-state index >= 15 is 0 Å². The lowest BCUT2D eigenvalue weighted by Gasteiger charge is -2.43. The fraction of sp³-hybridized carbons (Fsp3) is 0.406. The van der Waals surface area contributed by atoms with Crippen LogP contribution < -0.4 is 0 Å². The molecule has 4 aliphatic heterocycles. The van der Waals surface area contributed by atoms with Gasteiger partial charge in [-0.3, -0.25) is 14.6 Å². The molecule has 0 radical (unpaired) electrons. The van der Waals surface area contributed by atoms with Crippen molar-refractivity contribution in [1.82, 2.24) is 5.06 Å².